The maximum Gasteiger partial charge on any atom is 0.0694 e. The van der Waals surface area contributed by atoms with Crippen molar-refractivity contribution in [3.05, 3.63) is 35.4 Å². The molecule has 1 heteroatoms. The van der Waals surface area contributed by atoms with Crippen LogP contribution in [0.25, 0.3) is 6.08 Å². The van der Waals surface area contributed by atoms with E-state index in [1.165, 1.54) is 5.57 Å². The lowest BCUT2D eigenvalue weighted by atomic mass is 10.1. The van der Waals surface area contributed by atoms with Gasteiger partial charge < -0.3 is 0 Å². The Hall–Kier alpha value is -1.37. The summed E-state index contributed by atoms with van der Waals surface area (Å²) in [4.78, 5) is 3.96. The summed E-state index contributed by atoms with van der Waals surface area (Å²) in [7, 11) is 0. The van der Waals surface area contributed by atoms with E-state index in [2.05, 4.69) is 37.7 Å². The van der Waals surface area contributed by atoms with Crippen LogP contribution in [-0.4, -0.2) is 6.72 Å². The van der Waals surface area contributed by atoms with Crippen LogP contribution in [0.4, 0.5) is 5.69 Å². The number of aliphatic imine (C=N–C) groups is 1. The molecule has 0 aliphatic heterocycles. The van der Waals surface area contributed by atoms with Gasteiger partial charge in [0.1, 0.15) is 0 Å². The summed E-state index contributed by atoms with van der Waals surface area (Å²) in [6.07, 6.45) is 3.23. The molecule has 0 N–H and O–H groups in total. The molecule has 1 aromatic carbocycles. The Morgan fingerprint density at radius 3 is 2.77 bits per heavy atom. The van der Waals surface area contributed by atoms with Gasteiger partial charge in [-0.05, 0) is 26.1 Å². The fraction of sp³-hybridized carbons (Fsp3) is 0.250. The van der Waals surface area contributed by atoms with Gasteiger partial charge in [0.15, 0.2) is 0 Å². The van der Waals surface area contributed by atoms with Crippen LogP contribution in [0.5, 0.6) is 0 Å². The van der Waals surface area contributed by atoms with Gasteiger partial charge in [0, 0.05) is 5.56 Å². The Labute approximate surface area is 79.8 Å². The smallest absolute Gasteiger partial charge is 0.0694 e. The molecule has 0 aliphatic rings. The van der Waals surface area contributed by atoms with Crippen LogP contribution in [0, 0.1) is 0 Å². The van der Waals surface area contributed by atoms with Gasteiger partial charge in [-0.2, -0.15) is 0 Å². The summed E-state index contributed by atoms with van der Waals surface area (Å²) < 4.78 is 0. The van der Waals surface area contributed by atoms with Gasteiger partial charge in [-0.3, -0.25) is 4.99 Å². The van der Waals surface area contributed by atoms with Gasteiger partial charge in [0.25, 0.3) is 0 Å². The average Bonchev–Trinajstić information content (AvgIpc) is 2.18. The maximum atomic E-state index is 3.96. The third-order valence-electron chi connectivity index (χ3n) is 2.07. The minimum absolute atomic E-state index is 0.954. The van der Waals surface area contributed by atoms with E-state index in [4.69, 9.17) is 0 Å². The summed E-state index contributed by atoms with van der Waals surface area (Å²) in [5.74, 6) is 0. The first-order chi connectivity index (χ1) is 6.27. The molecule has 0 unspecified atom stereocenters. The van der Waals surface area contributed by atoms with E-state index in [1.807, 2.05) is 18.2 Å². The molecule has 13 heavy (non-hydrogen) atoms. The highest BCUT2D eigenvalue weighted by Gasteiger charge is 1.95. The fourth-order valence-electron chi connectivity index (χ4n) is 1.12. The Morgan fingerprint density at radius 2 is 2.15 bits per heavy atom. The first kappa shape index (κ1) is 9.72. The molecule has 0 amide bonds. The number of allylic oxidation sites excluding steroid dienone is 1. The first-order valence-electron chi connectivity index (χ1n) is 4.51. The summed E-state index contributed by atoms with van der Waals surface area (Å²) in [5, 5.41) is 0. The molecule has 0 bridgehead atoms. The van der Waals surface area contributed by atoms with Crippen molar-refractivity contribution in [1.29, 1.82) is 0 Å². The Kier molecular flexibility index (Phi) is 3.44. The van der Waals surface area contributed by atoms with Gasteiger partial charge in [-0.25, -0.2) is 0 Å². The van der Waals surface area contributed by atoms with Crippen molar-refractivity contribution in [3.63, 3.8) is 0 Å². The highest BCUT2D eigenvalue weighted by Crippen LogP contribution is 2.21. The molecular formula is C12H15N. The molecular weight excluding hydrogens is 158 g/mol. The zero-order valence-electron chi connectivity index (χ0n) is 8.25. The molecule has 1 aromatic rings. The van der Waals surface area contributed by atoms with Crippen LogP contribution in [-0.2, 0) is 0 Å². The topological polar surface area (TPSA) is 12.4 Å². The Morgan fingerprint density at radius 1 is 1.46 bits per heavy atom. The number of nitrogens with zero attached hydrogens (tertiary/aromatic N) is 1. The Balaban J connectivity index is 3.06. The molecule has 0 fully saturated rings. The van der Waals surface area contributed by atoms with Crippen molar-refractivity contribution < 1.29 is 0 Å². The predicted octanol–water partition coefficient (Wildman–Crippen LogP) is 3.83. The van der Waals surface area contributed by atoms with Crippen LogP contribution in [0.15, 0.2) is 34.8 Å². The van der Waals surface area contributed by atoms with E-state index >= 15 is 0 Å². The van der Waals surface area contributed by atoms with Gasteiger partial charge in [0.05, 0.1) is 5.69 Å². The van der Waals surface area contributed by atoms with Crippen LogP contribution >= 0.6 is 0 Å². The quantitative estimate of drug-likeness (QED) is 0.616. The third kappa shape index (κ3) is 2.55. The van der Waals surface area contributed by atoms with E-state index in [-0.39, 0.29) is 0 Å². The first-order valence-corrected chi connectivity index (χ1v) is 4.51. The Bertz CT molecular complexity index is 324. The monoisotopic (exact) mass is 173 g/mol. The lowest BCUT2D eigenvalue weighted by Gasteiger charge is -2.00. The van der Waals surface area contributed by atoms with Crippen LogP contribution < -0.4 is 0 Å². The fourth-order valence-corrected chi connectivity index (χ4v) is 1.12. The molecule has 0 atom stereocenters. The molecule has 0 saturated heterocycles. The molecule has 68 valence electrons. The second kappa shape index (κ2) is 4.61. The van der Waals surface area contributed by atoms with Gasteiger partial charge in [-0.1, -0.05) is 36.8 Å². The molecule has 0 spiro atoms. The van der Waals surface area contributed by atoms with Crippen LogP contribution in [0.3, 0.4) is 0 Å². The molecule has 0 radical (unpaired) electrons. The average molecular weight is 173 g/mol. The lowest BCUT2D eigenvalue weighted by Crippen LogP contribution is -1.76. The number of benzene rings is 1. The van der Waals surface area contributed by atoms with Crippen LogP contribution in [0.2, 0.25) is 0 Å². The van der Waals surface area contributed by atoms with Gasteiger partial charge in [-0.15, -0.1) is 0 Å². The van der Waals surface area contributed by atoms with E-state index in [0.29, 0.717) is 0 Å². The van der Waals surface area contributed by atoms with Crippen molar-refractivity contribution in [1.82, 2.24) is 0 Å². The zero-order valence-corrected chi connectivity index (χ0v) is 8.25. The number of hydrogen-bond acceptors (Lipinski definition) is 1. The number of rotatable bonds is 3. The van der Waals surface area contributed by atoms with Crippen molar-refractivity contribution in [2.24, 2.45) is 4.99 Å². The minimum Gasteiger partial charge on any atom is -0.264 e. The maximum absolute atomic E-state index is 3.96. The highest BCUT2D eigenvalue weighted by molar-refractivity contribution is 5.66. The van der Waals surface area contributed by atoms with Crippen molar-refractivity contribution in [2.45, 2.75) is 20.3 Å². The highest BCUT2D eigenvalue weighted by atomic mass is 14.7. The minimum atomic E-state index is 0.954. The second-order valence-corrected chi connectivity index (χ2v) is 3.06. The zero-order chi connectivity index (χ0) is 9.68. The summed E-state index contributed by atoms with van der Waals surface area (Å²) in [6.45, 7) is 7.82. The SMILES string of the molecule is C=Nc1ccccc1/C=C(\C)CC. The van der Waals surface area contributed by atoms with Gasteiger partial charge in [0.2, 0.25) is 0 Å². The van der Waals surface area contributed by atoms with Crippen molar-refractivity contribution >= 4 is 18.5 Å². The third-order valence-corrected chi connectivity index (χ3v) is 2.07. The van der Waals surface area contributed by atoms with Gasteiger partial charge >= 0.3 is 0 Å². The van der Waals surface area contributed by atoms with E-state index in [1.54, 1.807) is 0 Å². The van der Waals surface area contributed by atoms with Crippen molar-refractivity contribution in [2.75, 3.05) is 0 Å². The number of para-hydroxylation sites is 1. The van der Waals surface area contributed by atoms with Crippen LogP contribution in [0.1, 0.15) is 25.8 Å². The standard InChI is InChI=1S/C12H15N/c1-4-10(2)9-11-7-5-6-8-12(11)13-3/h5-9H,3-4H2,1-2H3/b10-9+. The largest absolute Gasteiger partial charge is 0.264 e. The predicted molar refractivity (Wildman–Crippen MR) is 59.6 cm³/mol. The normalized spacial score (nSPS) is 11.4. The molecule has 1 nitrogen and oxygen atoms in total. The number of hydrogen-bond donors (Lipinski definition) is 0. The lowest BCUT2D eigenvalue weighted by molar-refractivity contribution is 1.11. The summed E-state index contributed by atoms with van der Waals surface area (Å²) in [5.41, 5.74) is 3.46. The summed E-state index contributed by atoms with van der Waals surface area (Å²) in [6, 6.07) is 8.02. The van der Waals surface area contributed by atoms with E-state index in [9.17, 15) is 0 Å². The molecule has 0 heterocycles. The molecule has 0 aromatic heterocycles. The summed E-state index contributed by atoms with van der Waals surface area (Å²) >= 11 is 0. The molecule has 0 aliphatic carbocycles. The molecule has 1 rings (SSSR count). The molecule has 0 saturated carbocycles. The van der Waals surface area contributed by atoms with E-state index < -0.39 is 0 Å². The second-order valence-electron chi connectivity index (χ2n) is 3.06. The van der Waals surface area contributed by atoms with Crippen molar-refractivity contribution in [3.8, 4) is 0 Å². The van der Waals surface area contributed by atoms with E-state index in [0.717, 1.165) is 17.7 Å².